The monoisotopic (exact) mass is 261 g/mol. The van der Waals surface area contributed by atoms with Gasteiger partial charge in [0.05, 0.1) is 11.6 Å². The molecule has 1 aromatic rings. The van der Waals surface area contributed by atoms with Crippen LogP contribution in [0.5, 0.6) is 5.75 Å². The van der Waals surface area contributed by atoms with E-state index >= 15 is 0 Å². The smallest absolute Gasteiger partial charge is 0.183 e. The van der Waals surface area contributed by atoms with Gasteiger partial charge in [-0.05, 0) is 19.1 Å². The van der Waals surface area contributed by atoms with Crippen LogP contribution in [0.2, 0.25) is 5.02 Å². The molecule has 0 aliphatic carbocycles. The molecule has 0 amide bonds. The Hall–Kier alpha value is -0.840. The molecule has 3 nitrogen and oxygen atoms in total. The molecule has 1 atom stereocenters. The van der Waals surface area contributed by atoms with E-state index in [1.54, 1.807) is 19.2 Å². The van der Waals surface area contributed by atoms with Crippen LogP contribution < -0.4 is 10.1 Å². The van der Waals surface area contributed by atoms with Gasteiger partial charge >= 0.3 is 0 Å². The maximum absolute atomic E-state index is 13.4. The summed E-state index contributed by atoms with van der Waals surface area (Å²) < 4.78 is 23.7. The second-order valence-corrected chi connectivity index (χ2v) is 4.12. The summed E-state index contributed by atoms with van der Waals surface area (Å²) in [6.45, 7) is 3.64. The maximum atomic E-state index is 13.4. The molecule has 1 unspecified atom stereocenters. The number of halogens is 2. The molecule has 0 saturated carbocycles. The summed E-state index contributed by atoms with van der Waals surface area (Å²) in [6, 6.07) is 4.94. The van der Waals surface area contributed by atoms with Gasteiger partial charge in [-0.2, -0.15) is 0 Å². The average molecular weight is 262 g/mol. The van der Waals surface area contributed by atoms with Gasteiger partial charge < -0.3 is 14.8 Å². The molecule has 0 aliphatic rings. The average Bonchev–Trinajstić information content (AvgIpc) is 2.30. The van der Waals surface area contributed by atoms with E-state index in [0.717, 1.165) is 0 Å². The number of methoxy groups -OCH3 is 1. The third-order valence-corrected chi connectivity index (χ3v) is 2.48. The number of ether oxygens (including phenoxy) is 2. The van der Waals surface area contributed by atoms with Crippen molar-refractivity contribution in [2.75, 3.05) is 26.9 Å². The fraction of sp³-hybridized carbons (Fsp3) is 0.500. The van der Waals surface area contributed by atoms with Crippen LogP contribution in [0.3, 0.4) is 0 Å². The van der Waals surface area contributed by atoms with Gasteiger partial charge in [-0.15, -0.1) is 0 Å². The van der Waals surface area contributed by atoms with E-state index < -0.39 is 5.82 Å². The summed E-state index contributed by atoms with van der Waals surface area (Å²) in [7, 11) is 1.65. The molecule has 0 aliphatic heterocycles. The molecule has 0 saturated heterocycles. The molecule has 0 bridgehead atoms. The van der Waals surface area contributed by atoms with Gasteiger partial charge in [0.1, 0.15) is 6.61 Å². The summed E-state index contributed by atoms with van der Waals surface area (Å²) >= 11 is 5.63. The highest BCUT2D eigenvalue weighted by Gasteiger charge is 2.07. The quantitative estimate of drug-likeness (QED) is 0.765. The lowest BCUT2D eigenvalue weighted by Gasteiger charge is -2.13. The molecular weight excluding hydrogens is 245 g/mol. The van der Waals surface area contributed by atoms with Crippen LogP contribution in [-0.2, 0) is 4.74 Å². The fourth-order valence-corrected chi connectivity index (χ4v) is 1.54. The van der Waals surface area contributed by atoms with Crippen molar-refractivity contribution in [2.24, 2.45) is 0 Å². The Balaban J connectivity index is 2.29. The molecule has 0 spiro atoms. The molecular formula is C12H17ClFNO2. The lowest BCUT2D eigenvalue weighted by atomic mass is 10.3. The van der Waals surface area contributed by atoms with Crippen molar-refractivity contribution in [1.29, 1.82) is 0 Å². The normalized spacial score (nSPS) is 12.5. The van der Waals surface area contributed by atoms with Crippen molar-refractivity contribution >= 4 is 11.6 Å². The molecule has 96 valence electrons. The van der Waals surface area contributed by atoms with Crippen molar-refractivity contribution in [3.8, 4) is 5.75 Å². The van der Waals surface area contributed by atoms with Crippen molar-refractivity contribution in [3.63, 3.8) is 0 Å². The Kier molecular flexibility index (Phi) is 6.26. The first-order valence-corrected chi connectivity index (χ1v) is 5.82. The van der Waals surface area contributed by atoms with Crippen LogP contribution >= 0.6 is 11.6 Å². The van der Waals surface area contributed by atoms with Crippen LogP contribution in [0.4, 0.5) is 4.39 Å². The first kappa shape index (κ1) is 14.2. The van der Waals surface area contributed by atoms with Crippen LogP contribution in [0, 0.1) is 5.82 Å². The predicted molar refractivity (Wildman–Crippen MR) is 66.2 cm³/mol. The highest BCUT2D eigenvalue weighted by Crippen LogP contribution is 2.23. The third-order valence-electron chi connectivity index (χ3n) is 2.19. The Morgan fingerprint density at radius 1 is 1.47 bits per heavy atom. The minimum atomic E-state index is -0.515. The molecule has 1 rings (SSSR count). The van der Waals surface area contributed by atoms with E-state index in [4.69, 9.17) is 21.1 Å². The maximum Gasteiger partial charge on any atom is 0.183 e. The number of hydrogen-bond donors (Lipinski definition) is 1. The highest BCUT2D eigenvalue weighted by atomic mass is 35.5. The van der Waals surface area contributed by atoms with Gasteiger partial charge in [0.25, 0.3) is 0 Å². The lowest BCUT2D eigenvalue weighted by molar-refractivity contribution is 0.168. The Bertz CT molecular complexity index is 349. The van der Waals surface area contributed by atoms with Gasteiger partial charge in [0.2, 0.25) is 0 Å². The Morgan fingerprint density at radius 2 is 2.24 bits per heavy atom. The first-order chi connectivity index (χ1) is 8.15. The number of rotatable bonds is 7. The van der Waals surface area contributed by atoms with Crippen LogP contribution in [0.25, 0.3) is 0 Å². The summed E-state index contributed by atoms with van der Waals surface area (Å²) in [5.74, 6) is -0.335. The largest absolute Gasteiger partial charge is 0.489 e. The number of nitrogens with one attached hydrogen (secondary N) is 1. The summed E-state index contributed by atoms with van der Waals surface area (Å²) in [4.78, 5) is 0. The molecule has 0 aromatic heterocycles. The van der Waals surface area contributed by atoms with Crippen molar-refractivity contribution < 1.29 is 13.9 Å². The van der Waals surface area contributed by atoms with E-state index in [0.29, 0.717) is 19.8 Å². The zero-order valence-electron chi connectivity index (χ0n) is 10.0. The van der Waals surface area contributed by atoms with Crippen molar-refractivity contribution in [2.45, 2.75) is 13.0 Å². The summed E-state index contributed by atoms with van der Waals surface area (Å²) in [5, 5.41) is 3.25. The minimum Gasteiger partial charge on any atom is -0.489 e. The fourth-order valence-electron chi connectivity index (χ4n) is 1.37. The second-order valence-electron chi connectivity index (χ2n) is 3.71. The molecule has 0 heterocycles. The highest BCUT2D eigenvalue weighted by molar-refractivity contribution is 6.30. The van der Waals surface area contributed by atoms with Gasteiger partial charge in [-0.3, -0.25) is 0 Å². The van der Waals surface area contributed by atoms with Crippen LogP contribution in [-0.4, -0.2) is 32.9 Å². The van der Waals surface area contributed by atoms with E-state index in [1.807, 2.05) is 6.92 Å². The van der Waals surface area contributed by atoms with Gasteiger partial charge in [0.15, 0.2) is 11.6 Å². The summed E-state index contributed by atoms with van der Waals surface area (Å²) in [5.41, 5.74) is 0. The third kappa shape index (κ3) is 4.89. The molecule has 0 fully saturated rings. The zero-order chi connectivity index (χ0) is 12.7. The van der Waals surface area contributed by atoms with Gasteiger partial charge in [-0.25, -0.2) is 4.39 Å². The van der Waals surface area contributed by atoms with Gasteiger partial charge in [-0.1, -0.05) is 17.7 Å². The van der Waals surface area contributed by atoms with E-state index in [-0.39, 0.29) is 16.8 Å². The number of hydrogen-bond acceptors (Lipinski definition) is 3. The Labute approximate surface area is 106 Å². The Morgan fingerprint density at radius 3 is 2.94 bits per heavy atom. The lowest BCUT2D eigenvalue weighted by Crippen LogP contribution is -2.33. The SMILES string of the molecule is COCC(C)NCCOc1cccc(Cl)c1F. The molecule has 17 heavy (non-hydrogen) atoms. The molecule has 1 aromatic carbocycles. The number of benzene rings is 1. The topological polar surface area (TPSA) is 30.5 Å². The standard InChI is InChI=1S/C12H17ClFNO2/c1-9(8-16-2)15-6-7-17-11-5-3-4-10(13)12(11)14/h3-5,9,15H,6-8H2,1-2H3. The molecule has 0 radical (unpaired) electrons. The predicted octanol–water partition coefficient (Wildman–Crippen LogP) is 2.48. The summed E-state index contributed by atoms with van der Waals surface area (Å²) in [6.07, 6.45) is 0. The van der Waals surface area contributed by atoms with Crippen LogP contribution in [0.15, 0.2) is 18.2 Å². The molecule has 5 heteroatoms. The zero-order valence-corrected chi connectivity index (χ0v) is 10.8. The van der Waals surface area contributed by atoms with Gasteiger partial charge in [0, 0.05) is 19.7 Å². The molecule has 1 N–H and O–H groups in total. The minimum absolute atomic E-state index is 0.0724. The first-order valence-electron chi connectivity index (χ1n) is 5.44. The van der Waals surface area contributed by atoms with E-state index in [2.05, 4.69) is 5.32 Å². The van der Waals surface area contributed by atoms with E-state index in [1.165, 1.54) is 6.07 Å². The van der Waals surface area contributed by atoms with Crippen molar-refractivity contribution in [1.82, 2.24) is 5.32 Å². The van der Waals surface area contributed by atoms with Crippen LogP contribution in [0.1, 0.15) is 6.92 Å². The van der Waals surface area contributed by atoms with E-state index in [9.17, 15) is 4.39 Å². The van der Waals surface area contributed by atoms with Crippen molar-refractivity contribution in [3.05, 3.63) is 29.0 Å². The second kappa shape index (κ2) is 7.48.